The Balaban J connectivity index is 1.79. The summed E-state index contributed by atoms with van der Waals surface area (Å²) in [6.07, 6.45) is 4.57. The molecule has 0 radical (unpaired) electrons. The number of esters is 1. The number of hydrogen-bond donors (Lipinski definition) is 0. The van der Waals surface area contributed by atoms with Crippen LogP contribution in [0.5, 0.6) is 0 Å². The van der Waals surface area contributed by atoms with E-state index in [1.807, 2.05) is 6.07 Å². The lowest BCUT2D eigenvalue weighted by molar-refractivity contribution is -0.152. The van der Waals surface area contributed by atoms with Gasteiger partial charge in [0.05, 0.1) is 28.5 Å². The molecule has 0 aliphatic carbocycles. The molecule has 0 fully saturated rings. The minimum Gasteiger partial charge on any atom is -0.459 e. The van der Waals surface area contributed by atoms with Crippen molar-refractivity contribution in [1.82, 2.24) is 14.5 Å². The smallest absolute Gasteiger partial charge is 0.327 e. The van der Waals surface area contributed by atoms with Crippen molar-refractivity contribution in [2.45, 2.75) is 31.3 Å². The molecule has 4 aromatic rings. The number of halogens is 2. The molecular weight excluding hydrogens is 537 g/mol. The number of anilines is 1. The van der Waals surface area contributed by atoms with Crippen LogP contribution in [0.15, 0.2) is 66.0 Å². The van der Waals surface area contributed by atoms with Crippen LogP contribution in [0.2, 0.25) is 10.0 Å². The number of carbonyl (C=O) groups is 1. The maximum absolute atomic E-state index is 13.7. The van der Waals surface area contributed by atoms with Gasteiger partial charge in [-0.1, -0.05) is 23.2 Å². The van der Waals surface area contributed by atoms with Crippen molar-refractivity contribution in [2.24, 2.45) is 0 Å². The number of nitriles is 1. The molecule has 0 saturated heterocycles. The number of benzene rings is 2. The lowest BCUT2D eigenvalue weighted by Gasteiger charge is -2.26. The second-order valence-corrected chi connectivity index (χ2v) is 11.7. The van der Waals surface area contributed by atoms with Gasteiger partial charge in [0.2, 0.25) is 0 Å². The fourth-order valence-electron chi connectivity index (χ4n) is 3.60. The van der Waals surface area contributed by atoms with Crippen LogP contribution in [-0.2, 0) is 19.6 Å². The number of carbonyl (C=O) groups excluding carboxylic acids is 1. The Morgan fingerprint density at radius 1 is 1.08 bits per heavy atom. The first-order valence-corrected chi connectivity index (χ1v) is 13.1. The first kappa shape index (κ1) is 26.4. The number of nitrogens with zero attached hydrogens (tertiary/aromatic N) is 5. The maximum atomic E-state index is 13.7. The van der Waals surface area contributed by atoms with Gasteiger partial charge in [0, 0.05) is 21.6 Å². The van der Waals surface area contributed by atoms with E-state index in [-0.39, 0.29) is 26.3 Å². The van der Waals surface area contributed by atoms with E-state index < -0.39 is 28.1 Å². The molecule has 0 saturated carbocycles. The average molecular weight is 558 g/mol. The minimum absolute atomic E-state index is 0.138. The Hall–Kier alpha value is -3.65. The van der Waals surface area contributed by atoms with Crippen LogP contribution >= 0.6 is 23.2 Å². The van der Waals surface area contributed by atoms with Gasteiger partial charge in [-0.15, -0.1) is 0 Å². The zero-order valence-corrected chi connectivity index (χ0v) is 22.3. The molecule has 2 heterocycles. The van der Waals surface area contributed by atoms with Crippen molar-refractivity contribution in [2.75, 3.05) is 10.8 Å². The highest BCUT2D eigenvalue weighted by Crippen LogP contribution is 2.31. The van der Waals surface area contributed by atoms with Crippen LogP contribution < -0.4 is 4.31 Å². The molecule has 0 unspecified atom stereocenters. The lowest BCUT2D eigenvalue weighted by atomic mass is 10.2. The summed E-state index contributed by atoms with van der Waals surface area (Å²) in [7, 11) is -4.27. The van der Waals surface area contributed by atoms with Gasteiger partial charge in [0.25, 0.3) is 10.0 Å². The van der Waals surface area contributed by atoms with E-state index in [2.05, 4.69) is 9.97 Å². The molecule has 2 aromatic heterocycles. The van der Waals surface area contributed by atoms with Gasteiger partial charge in [-0.2, -0.15) is 5.26 Å². The molecule has 0 spiro atoms. The van der Waals surface area contributed by atoms with Crippen molar-refractivity contribution >= 4 is 55.8 Å². The minimum atomic E-state index is -4.27. The van der Waals surface area contributed by atoms with Gasteiger partial charge in [-0.25, -0.2) is 18.4 Å². The fraction of sp³-hybridized carbons (Fsp3) is 0.200. The van der Waals surface area contributed by atoms with Crippen LogP contribution in [0.1, 0.15) is 26.5 Å². The third kappa shape index (κ3) is 5.85. The summed E-state index contributed by atoms with van der Waals surface area (Å²) in [6, 6.07) is 12.6. The normalized spacial score (nSPS) is 11.8. The highest BCUT2D eigenvalue weighted by molar-refractivity contribution is 7.92. The molecule has 0 amide bonds. The quantitative estimate of drug-likeness (QED) is 0.301. The van der Waals surface area contributed by atoms with Gasteiger partial charge in [0.1, 0.15) is 18.2 Å². The molecule has 0 bridgehead atoms. The Morgan fingerprint density at radius 3 is 2.38 bits per heavy atom. The van der Waals surface area contributed by atoms with E-state index in [0.717, 1.165) is 4.31 Å². The summed E-state index contributed by atoms with van der Waals surface area (Å²) in [5.41, 5.74) is 0.322. The third-order valence-corrected chi connectivity index (χ3v) is 7.27. The van der Waals surface area contributed by atoms with E-state index in [1.165, 1.54) is 30.6 Å². The molecule has 0 aliphatic rings. The number of rotatable bonds is 6. The van der Waals surface area contributed by atoms with Crippen molar-refractivity contribution in [3.63, 3.8) is 0 Å². The van der Waals surface area contributed by atoms with Crippen LogP contribution in [0.25, 0.3) is 16.7 Å². The van der Waals surface area contributed by atoms with Gasteiger partial charge in [-0.05, 0) is 63.2 Å². The molecule has 9 nitrogen and oxygen atoms in total. The summed E-state index contributed by atoms with van der Waals surface area (Å²) in [6.45, 7) is 4.51. The summed E-state index contributed by atoms with van der Waals surface area (Å²) in [4.78, 5) is 20.9. The predicted octanol–water partition coefficient (Wildman–Crippen LogP) is 5.14. The zero-order chi connectivity index (χ0) is 27.0. The number of hydrogen-bond acceptors (Lipinski definition) is 7. The van der Waals surface area contributed by atoms with Gasteiger partial charge < -0.3 is 4.74 Å². The Kier molecular flexibility index (Phi) is 7.15. The monoisotopic (exact) mass is 557 g/mol. The van der Waals surface area contributed by atoms with Crippen molar-refractivity contribution in [3.8, 4) is 11.9 Å². The van der Waals surface area contributed by atoms with Gasteiger partial charge >= 0.3 is 5.97 Å². The summed E-state index contributed by atoms with van der Waals surface area (Å²) < 4.78 is 35.5. The highest BCUT2D eigenvalue weighted by Gasteiger charge is 2.30. The first-order chi connectivity index (χ1) is 17.4. The third-order valence-electron chi connectivity index (χ3n) is 5.08. The maximum Gasteiger partial charge on any atom is 0.327 e. The molecule has 0 atom stereocenters. The molecular formula is C25H21Cl2N5O4S. The molecule has 2 aromatic carbocycles. The van der Waals surface area contributed by atoms with E-state index in [0.29, 0.717) is 16.7 Å². The predicted molar refractivity (Wildman–Crippen MR) is 140 cm³/mol. The second-order valence-electron chi connectivity index (χ2n) is 9.00. The number of aromatic nitrogens is 3. The zero-order valence-electron chi connectivity index (χ0n) is 20.0. The topological polar surface area (TPSA) is 118 Å². The molecule has 12 heteroatoms. The van der Waals surface area contributed by atoms with Crippen molar-refractivity contribution < 1.29 is 17.9 Å². The molecule has 190 valence electrons. The number of fused-ring (bicyclic) bond motifs is 1. The SMILES string of the molecule is CC(C)(C)OC(=O)CN(c1ccc2c(ccn2-c2cnc(C#N)cn2)c1)S(=O)(=O)c1cc(Cl)cc(Cl)c1. The van der Waals surface area contributed by atoms with E-state index in [9.17, 15) is 13.2 Å². The Bertz CT molecular complexity index is 1620. The number of ether oxygens (including phenoxy) is 1. The van der Waals surface area contributed by atoms with E-state index in [1.54, 1.807) is 55.8 Å². The van der Waals surface area contributed by atoms with Crippen LogP contribution in [0, 0.1) is 11.3 Å². The van der Waals surface area contributed by atoms with Gasteiger partial charge in [0.15, 0.2) is 11.5 Å². The molecule has 0 N–H and O–H groups in total. The second kappa shape index (κ2) is 10.0. The standard InChI is InChI=1S/C25H21Cl2N5O4S/c1-25(2,3)36-24(33)15-32(37(34,35)21-10-17(26)9-18(27)11-21)20-4-5-22-16(8-20)6-7-31(22)23-14-29-19(12-28)13-30-23/h4-11,13-14H,15H2,1-3H3. The lowest BCUT2D eigenvalue weighted by Crippen LogP contribution is -2.39. The molecule has 4 rings (SSSR count). The van der Waals surface area contributed by atoms with Crippen molar-refractivity contribution in [3.05, 3.63) is 76.8 Å². The number of sulfonamides is 1. The summed E-state index contributed by atoms with van der Waals surface area (Å²) >= 11 is 12.1. The van der Waals surface area contributed by atoms with Crippen LogP contribution in [0.3, 0.4) is 0 Å². The molecule has 37 heavy (non-hydrogen) atoms. The van der Waals surface area contributed by atoms with Crippen LogP contribution in [0.4, 0.5) is 5.69 Å². The van der Waals surface area contributed by atoms with Crippen LogP contribution in [-0.4, -0.2) is 41.1 Å². The van der Waals surface area contributed by atoms with Crippen molar-refractivity contribution in [1.29, 1.82) is 5.26 Å². The molecule has 0 aliphatic heterocycles. The summed E-state index contributed by atoms with van der Waals surface area (Å²) in [5.74, 6) is -0.247. The largest absolute Gasteiger partial charge is 0.459 e. The fourth-order valence-corrected chi connectivity index (χ4v) is 5.73. The summed E-state index contributed by atoms with van der Waals surface area (Å²) in [5, 5.41) is 9.91. The highest BCUT2D eigenvalue weighted by atomic mass is 35.5. The van der Waals surface area contributed by atoms with E-state index in [4.69, 9.17) is 33.2 Å². The Labute approximate surface area is 223 Å². The van der Waals surface area contributed by atoms with Gasteiger partial charge in [-0.3, -0.25) is 13.7 Å². The van der Waals surface area contributed by atoms with E-state index >= 15 is 0 Å². The first-order valence-electron chi connectivity index (χ1n) is 10.9. The average Bonchev–Trinajstić information content (AvgIpc) is 3.24. The Morgan fingerprint density at radius 2 is 1.78 bits per heavy atom.